The minimum atomic E-state index is 0.724. The fourth-order valence-electron chi connectivity index (χ4n) is 2.70. The van der Waals surface area contributed by atoms with Gasteiger partial charge in [-0.25, -0.2) is 0 Å². The highest BCUT2D eigenvalue weighted by Crippen LogP contribution is 2.30. The van der Waals surface area contributed by atoms with E-state index in [-0.39, 0.29) is 0 Å². The van der Waals surface area contributed by atoms with Crippen molar-refractivity contribution in [1.82, 2.24) is 10.6 Å². The summed E-state index contributed by atoms with van der Waals surface area (Å²) in [6, 6.07) is 8.95. The van der Waals surface area contributed by atoms with E-state index < -0.39 is 0 Å². The maximum Gasteiger partial charge on any atom is 0.00769 e. The van der Waals surface area contributed by atoms with Gasteiger partial charge < -0.3 is 10.6 Å². The zero-order valence-electron chi connectivity index (χ0n) is 10.8. The first-order valence-electron chi connectivity index (χ1n) is 6.91. The minimum Gasteiger partial charge on any atom is -0.316 e. The molecule has 0 aliphatic heterocycles. The number of likely N-dealkylation sites (N-methyl/N-ethyl adjacent to an activating group) is 1. The molecule has 94 valence electrons. The zero-order valence-corrected chi connectivity index (χ0v) is 10.8. The van der Waals surface area contributed by atoms with Crippen molar-refractivity contribution in [1.29, 1.82) is 0 Å². The largest absolute Gasteiger partial charge is 0.316 e. The van der Waals surface area contributed by atoms with Crippen molar-refractivity contribution in [3.05, 3.63) is 35.4 Å². The molecule has 0 aromatic heterocycles. The fraction of sp³-hybridized carbons (Fsp3) is 0.600. The lowest BCUT2D eigenvalue weighted by atomic mass is 9.83. The molecule has 1 atom stereocenters. The highest BCUT2D eigenvalue weighted by molar-refractivity contribution is 5.32. The van der Waals surface area contributed by atoms with Crippen molar-refractivity contribution >= 4 is 0 Å². The average molecular weight is 232 g/mol. The summed E-state index contributed by atoms with van der Waals surface area (Å²) in [7, 11) is 0. The molecule has 1 unspecified atom stereocenters. The molecule has 1 aliphatic rings. The number of fused-ring (bicyclic) bond motifs is 1. The molecule has 0 bridgehead atoms. The standard InChI is InChI=1S/C15H24N2/c1-2-16-10-11-17-12-14-8-5-7-13-6-3-4-9-15(13)14/h3-4,6,9,14,16-17H,2,5,7-8,10-12H2,1H3. The molecule has 0 amide bonds. The lowest BCUT2D eigenvalue weighted by molar-refractivity contribution is 0.502. The van der Waals surface area contributed by atoms with Gasteiger partial charge in [0.05, 0.1) is 0 Å². The van der Waals surface area contributed by atoms with Crippen LogP contribution >= 0.6 is 0 Å². The van der Waals surface area contributed by atoms with Crippen LogP contribution in [0.15, 0.2) is 24.3 Å². The summed E-state index contributed by atoms with van der Waals surface area (Å²) in [5, 5.41) is 6.91. The van der Waals surface area contributed by atoms with E-state index in [2.05, 4.69) is 41.8 Å². The smallest absolute Gasteiger partial charge is 0.00769 e. The third-order valence-electron chi connectivity index (χ3n) is 3.61. The Morgan fingerprint density at radius 1 is 1.18 bits per heavy atom. The van der Waals surface area contributed by atoms with Crippen molar-refractivity contribution in [3.63, 3.8) is 0 Å². The monoisotopic (exact) mass is 232 g/mol. The predicted molar refractivity (Wildman–Crippen MR) is 73.5 cm³/mol. The summed E-state index contributed by atoms with van der Waals surface area (Å²) in [5.41, 5.74) is 3.15. The third kappa shape index (κ3) is 3.55. The Labute approximate surface area is 105 Å². The van der Waals surface area contributed by atoms with Gasteiger partial charge in [-0.3, -0.25) is 0 Å². The lowest BCUT2D eigenvalue weighted by Crippen LogP contribution is -2.31. The van der Waals surface area contributed by atoms with E-state index in [1.54, 1.807) is 11.1 Å². The van der Waals surface area contributed by atoms with Crippen LogP contribution in [0.3, 0.4) is 0 Å². The van der Waals surface area contributed by atoms with Crippen LogP contribution in [0, 0.1) is 0 Å². The topological polar surface area (TPSA) is 24.1 Å². The van der Waals surface area contributed by atoms with Gasteiger partial charge in [-0.15, -0.1) is 0 Å². The van der Waals surface area contributed by atoms with Gasteiger partial charge in [0.25, 0.3) is 0 Å². The molecule has 0 saturated heterocycles. The first-order chi connectivity index (χ1) is 8.42. The summed E-state index contributed by atoms with van der Waals surface area (Å²) >= 11 is 0. The molecule has 0 saturated carbocycles. The molecule has 0 heterocycles. The van der Waals surface area contributed by atoms with E-state index in [0.29, 0.717) is 0 Å². The van der Waals surface area contributed by atoms with E-state index in [1.165, 1.54) is 19.3 Å². The Hall–Kier alpha value is -0.860. The number of hydrogen-bond acceptors (Lipinski definition) is 2. The van der Waals surface area contributed by atoms with E-state index >= 15 is 0 Å². The van der Waals surface area contributed by atoms with E-state index in [0.717, 1.165) is 32.1 Å². The average Bonchev–Trinajstić information content (AvgIpc) is 2.39. The Bertz CT molecular complexity index is 335. The van der Waals surface area contributed by atoms with Crippen LogP contribution < -0.4 is 10.6 Å². The van der Waals surface area contributed by atoms with E-state index in [1.807, 2.05) is 0 Å². The number of benzene rings is 1. The summed E-state index contributed by atoms with van der Waals surface area (Å²) in [5.74, 6) is 0.724. The second-order valence-electron chi connectivity index (χ2n) is 4.85. The Balaban J connectivity index is 1.82. The van der Waals surface area contributed by atoms with E-state index in [4.69, 9.17) is 0 Å². The normalized spacial score (nSPS) is 19.0. The van der Waals surface area contributed by atoms with Gasteiger partial charge in [0.1, 0.15) is 0 Å². The summed E-state index contributed by atoms with van der Waals surface area (Å²) in [6.45, 7) is 6.49. The van der Waals surface area contributed by atoms with Crippen molar-refractivity contribution in [2.45, 2.75) is 32.1 Å². The van der Waals surface area contributed by atoms with Crippen LogP contribution in [0.25, 0.3) is 0 Å². The third-order valence-corrected chi connectivity index (χ3v) is 3.61. The van der Waals surface area contributed by atoms with Crippen molar-refractivity contribution in [2.24, 2.45) is 0 Å². The first-order valence-corrected chi connectivity index (χ1v) is 6.91. The maximum absolute atomic E-state index is 3.57. The molecule has 1 aromatic carbocycles. The molecular formula is C15H24N2. The second-order valence-corrected chi connectivity index (χ2v) is 4.85. The zero-order chi connectivity index (χ0) is 11.9. The molecule has 17 heavy (non-hydrogen) atoms. The van der Waals surface area contributed by atoms with Gasteiger partial charge in [-0.05, 0) is 42.9 Å². The van der Waals surface area contributed by atoms with Crippen LogP contribution in [-0.2, 0) is 6.42 Å². The van der Waals surface area contributed by atoms with Crippen LogP contribution in [-0.4, -0.2) is 26.2 Å². The molecular weight excluding hydrogens is 208 g/mol. The van der Waals surface area contributed by atoms with Crippen molar-refractivity contribution in [3.8, 4) is 0 Å². The summed E-state index contributed by atoms with van der Waals surface area (Å²) in [6.07, 6.45) is 3.95. The highest BCUT2D eigenvalue weighted by Gasteiger charge is 2.18. The predicted octanol–water partition coefficient (Wildman–Crippen LogP) is 2.31. The lowest BCUT2D eigenvalue weighted by Gasteiger charge is -2.25. The number of aryl methyl sites for hydroxylation is 1. The number of nitrogens with one attached hydrogen (secondary N) is 2. The van der Waals surface area contributed by atoms with Gasteiger partial charge in [-0.2, -0.15) is 0 Å². The molecule has 0 radical (unpaired) electrons. The molecule has 1 aliphatic carbocycles. The maximum atomic E-state index is 3.57. The Morgan fingerprint density at radius 2 is 2.00 bits per heavy atom. The molecule has 1 aromatic rings. The van der Waals surface area contributed by atoms with Gasteiger partial charge in [0.2, 0.25) is 0 Å². The van der Waals surface area contributed by atoms with E-state index in [9.17, 15) is 0 Å². The Kier molecular flexibility index (Phi) is 5.02. The molecule has 2 heteroatoms. The van der Waals surface area contributed by atoms with Gasteiger partial charge in [0, 0.05) is 19.6 Å². The van der Waals surface area contributed by atoms with Gasteiger partial charge in [-0.1, -0.05) is 31.2 Å². The summed E-state index contributed by atoms with van der Waals surface area (Å²) < 4.78 is 0. The number of rotatable bonds is 6. The first kappa shape index (κ1) is 12.6. The Morgan fingerprint density at radius 3 is 2.88 bits per heavy atom. The van der Waals surface area contributed by atoms with Gasteiger partial charge in [0.15, 0.2) is 0 Å². The number of hydrogen-bond donors (Lipinski definition) is 2. The van der Waals surface area contributed by atoms with Crippen LogP contribution in [0.1, 0.15) is 36.8 Å². The fourth-order valence-corrected chi connectivity index (χ4v) is 2.70. The molecule has 2 nitrogen and oxygen atoms in total. The minimum absolute atomic E-state index is 0.724. The van der Waals surface area contributed by atoms with Crippen molar-refractivity contribution in [2.75, 3.05) is 26.2 Å². The quantitative estimate of drug-likeness (QED) is 0.736. The van der Waals surface area contributed by atoms with Crippen LogP contribution in [0.4, 0.5) is 0 Å². The van der Waals surface area contributed by atoms with Gasteiger partial charge >= 0.3 is 0 Å². The molecule has 0 fully saturated rings. The summed E-state index contributed by atoms with van der Waals surface area (Å²) in [4.78, 5) is 0. The second kappa shape index (κ2) is 6.77. The van der Waals surface area contributed by atoms with Crippen molar-refractivity contribution < 1.29 is 0 Å². The SMILES string of the molecule is CCNCCNCC1CCCc2ccccc21. The molecule has 2 rings (SSSR count). The van der Waals surface area contributed by atoms with Crippen LogP contribution in [0.5, 0.6) is 0 Å². The molecule has 0 spiro atoms. The molecule has 2 N–H and O–H groups in total. The highest BCUT2D eigenvalue weighted by atomic mass is 14.9. The van der Waals surface area contributed by atoms with Crippen LogP contribution in [0.2, 0.25) is 0 Å².